The van der Waals surface area contributed by atoms with Gasteiger partial charge >= 0.3 is 0 Å². The summed E-state index contributed by atoms with van der Waals surface area (Å²) in [5.41, 5.74) is 1.99. The minimum Gasteiger partial charge on any atom is -0.273 e. The topological polar surface area (TPSA) is 117 Å². The van der Waals surface area contributed by atoms with Crippen molar-refractivity contribution >= 4 is 28.9 Å². The van der Waals surface area contributed by atoms with Gasteiger partial charge in [0.15, 0.2) is 6.10 Å². The second kappa shape index (κ2) is 7.85. The summed E-state index contributed by atoms with van der Waals surface area (Å²) < 4.78 is 0. The maximum absolute atomic E-state index is 13.5. The van der Waals surface area contributed by atoms with Crippen LogP contribution >= 0.6 is 0 Å². The zero-order valence-electron chi connectivity index (χ0n) is 17.1. The van der Waals surface area contributed by atoms with Gasteiger partial charge < -0.3 is 0 Å². The Morgan fingerprint density at radius 2 is 1.55 bits per heavy atom. The highest BCUT2D eigenvalue weighted by atomic mass is 16.7. The van der Waals surface area contributed by atoms with Gasteiger partial charge in [-0.05, 0) is 42.0 Å². The lowest BCUT2D eigenvalue weighted by atomic mass is 9.90. The molecule has 5 rings (SSSR count). The van der Waals surface area contributed by atoms with Gasteiger partial charge in [-0.2, -0.15) is 5.26 Å². The summed E-state index contributed by atoms with van der Waals surface area (Å²) in [7, 11) is 0. The van der Waals surface area contributed by atoms with E-state index in [4.69, 9.17) is 10.1 Å². The van der Waals surface area contributed by atoms with Gasteiger partial charge in [0.25, 0.3) is 11.6 Å². The number of nitriles is 1. The molecule has 2 saturated heterocycles. The van der Waals surface area contributed by atoms with E-state index >= 15 is 0 Å². The van der Waals surface area contributed by atoms with Crippen molar-refractivity contribution < 1.29 is 19.3 Å². The third-order valence-corrected chi connectivity index (χ3v) is 5.83. The number of carbonyl (C=O) groups excluding carboxylic acids is 2. The Morgan fingerprint density at radius 1 is 0.879 bits per heavy atom. The van der Waals surface area contributed by atoms with Crippen LogP contribution in [0.2, 0.25) is 0 Å². The number of para-hydroxylation sites is 1. The molecule has 0 spiro atoms. The predicted molar refractivity (Wildman–Crippen MR) is 117 cm³/mol. The van der Waals surface area contributed by atoms with Crippen LogP contribution in [0.25, 0.3) is 0 Å². The Bertz CT molecular complexity index is 1290. The molecular formula is C24H16N4O5. The van der Waals surface area contributed by atoms with Crippen molar-refractivity contribution in [2.45, 2.75) is 12.1 Å². The van der Waals surface area contributed by atoms with Crippen LogP contribution < -0.4 is 9.96 Å². The van der Waals surface area contributed by atoms with Crippen molar-refractivity contribution in [1.82, 2.24) is 0 Å². The molecular weight excluding hydrogens is 424 g/mol. The Labute approximate surface area is 188 Å². The molecule has 3 aromatic rings. The predicted octanol–water partition coefficient (Wildman–Crippen LogP) is 3.52. The number of nitrogens with zero attached hydrogens (tertiary/aromatic N) is 4. The molecule has 9 heteroatoms. The normalized spacial score (nSPS) is 21.7. The average molecular weight is 440 g/mol. The quantitative estimate of drug-likeness (QED) is 0.346. The maximum atomic E-state index is 13.5. The summed E-state index contributed by atoms with van der Waals surface area (Å²) in [4.78, 5) is 44.2. The lowest BCUT2D eigenvalue weighted by Crippen LogP contribution is -2.37. The van der Waals surface area contributed by atoms with Gasteiger partial charge in [0, 0.05) is 12.1 Å². The first-order valence-electron chi connectivity index (χ1n) is 10.1. The van der Waals surface area contributed by atoms with E-state index in [1.165, 1.54) is 24.3 Å². The summed E-state index contributed by atoms with van der Waals surface area (Å²) in [6, 6.07) is 22.7. The molecule has 0 aliphatic carbocycles. The molecule has 0 bridgehead atoms. The van der Waals surface area contributed by atoms with E-state index < -0.39 is 34.8 Å². The molecule has 0 aromatic heterocycles. The van der Waals surface area contributed by atoms with Crippen molar-refractivity contribution in [2.75, 3.05) is 9.96 Å². The molecule has 0 N–H and O–H groups in total. The molecule has 3 aromatic carbocycles. The number of non-ortho nitro benzene ring substituents is 1. The van der Waals surface area contributed by atoms with Crippen LogP contribution in [0.5, 0.6) is 0 Å². The van der Waals surface area contributed by atoms with Gasteiger partial charge in [0.2, 0.25) is 5.91 Å². The van der Waals surface area contributed by atoms with E-state index in [-0.39, 0.29) is 11.4 Å². The molecule has 2 amide bonds. The van der Waals surface area contributed by atoms with Crippen molar-refractivity contribution in [3.05, 3.63) is 100 Å². The first-order valence-corrected chi connectivity index (χ1v) is 10.1. The fraction of sp³-hybridized carbons (Fsp3) is 0.125. The summed E-state index contributed by atoms with van der Waals surface area (Å²) >= 11 is 0. The lowest BCUT2D eigenvalue weighted by Gasteiger charge is -2.28. The summed E-state index contributed by atoms with van der Waals surface area (Å²) in [5, 5.41) is 21.7. The number of hydroxylamine groups is 1. The summed E-state index contributed by atoms with van der Waals surface area (Å²) in [6.45, 7) is 0. The number of carbonyl (C=O) groups is 2. The highest BCUT2D eigenvalue weighted by Crippen LogP contribution is 2.47. The number of amides is 2. The molecule has 9 nitrogen and oxygen atoms in total. The number of hydrogen-bond donors (Lipinski definition) is 0. The highest BCUT2D eigenvalue weighted by Gasteiger charge is 2.60. The van der Waals surface area contributed by atoms with Gasteiger partial charge in [-0.3, -0.25) is 24.5 Å². The molecule has 2 aliphatic heterocycles. The summed E-state index contributed by atoms with van der Waals surface area (Å²) in [5.74, 6) is -1.82. The number of hydrogen-bond acceptors (Lipinski definition) is 7. The van der Waals surface area contributed by atoms with Gasteiger partial charge in [-0.1, -0.05) is 30.3 Å². The minimum atomic E-state index is -1.05. The van der Waals surface area contributed by atoms with Crippen LogP contribution in [0.3, 0.4) is 0 Å². The van der Waals surface area contributed by atoms with E-state index in [1.54, 1.807) is 29.3 Å². The second-order valence-corrected chi connectivity index (χ2v) is 7.68. The van der Waals surface area contributed by atoms with E-state index in [2.05, 4.69) is 6.07 Å². The average Bonchev–Trinajstić information content (AvgIpc) is 3.35. The molecule has 2 aliphatic rings. The van der Waals surface area contributed by atoms with Crippen LogP contribution in [0, 0.1) is 27.4 Å². The van der Waals surface area contributed by atoms with Gasteiger partial charge in [0.1, 0.15) is 5.92 Å². The monoisotopic (exact) mass is 440 g/mol. The second-order valence-electron chi connectivity index (χ2n) is 7.68. The SMILES string of the molecule is N#Cc1ccc([C@H]2[C@@H]3C(=O)N(c4ccc([N+](=O)[O-])cc4)C(=O)[C@@H]3ON2c2ccccc2)cc1. The molecule has 162 valence electrons. The van der Waals surface area contributed by atoms with Crippen molar-refractivity contribution in [1.29, 1.82) is 5.26 Å². The third-order valence-electron chi connectivity index (χ3n) is 5.83. The Morgan fingerprint density at radius 3 is 2.15 bits per heavy atom. The molecule has 2 heterocycles. The van der Waals surface area contributed by atoms with Crippen molar-refractivity contribution in [2.24, 2.45) is 5.92 Å². The van der Waals surface area contributed by atoms with Crippen LogP contribution in [0.4, 0.5) is 17.1 Å². The molecule has 0 radical (unpaired) electrons. The summed E-state index contributed by atoms with van der Waals surface area (Å²) in [6.07, 6.45) is -1.05. The van der Waals surface area contributed by atoms with Crippen LogP contribution in [0.1, 0.15) is 17.2 Å². The Kier molecular flexibility index (Phi) is 4.84. The molecule has 2 fully saturated rings. The Hall–Kier alpha value is -4.55. The van der Waals surface area contributed by atoms with Crippen molar-refractivity contribution in [3.8, 4) is 6.07 Å². The third kappa shape index (κ3) is 3.30. The van der Waals surface area contributed by atoms with Crippen LogP contribution in [-0.2, 0) is 14.4 Å². The van der Waals surface area contributed by atoms with E-state index in [1.807, 2.05) is 30.3 Å². The standard InChI is InChI=1S/C24H16N4O5/c25-14-15-6-8-16(9-7-15)21-20-22(33-27(21)18-4-2-1-3-5-18)24(30)26(23(20)29)17-10-12-19(13-11-17)28(31)32/h1-13,20-22H/t20-,21-,22+/m0/s1. The van der Waals surface area contributed by atoms with Gasteiger partial charge in [-0.15, -0.1) is 0 Å². The molecule has 0 unspecified atom stereocenters. The molecule has 33 heavy (non-hydrogen) atoms. The lowest BCUT2D eigenvalue weighted by molar-refractivity contribution is -0.384. The van der Waals surface area contributed by atoms with E-state index in [9.17, 15) is 19.7 Å². The maximum Gasteiger partial charge on any atom is 0.269 e. The number of benzene rings is 3. The fourth-order valence-corrected chi connectivity index (χ4v) is 4.28. The van der Waals surface area contributed by atoms with E-state index in [0.717, 1.165) is 10.5 Å². The van der Waals surface area contributed by atoms with Crippen LogP contribution in [-0.4, -0.2) is 22.8 Å². The number of imide groups is 1. The smallest absolute Gasteiger partial charge is 0.269 e. The number of anilines is 2. The number of nitro groups is 1. The largest absolute Gasteiger partial charge is 0.273 e. The number of fused-ring (bicyclic) bond motifs is 1. The first kappa shape index (κ1) is 20.4. The fourth-order valence-electron chi connectivity index (χ4n) is 4.28. The van der Waals surface area contributed by atoms with Gasteiger partial charge in [-0.25, -0.2) is 9.96 Å². The molecule has 3 atom stereocenters. The zero-order chi connectivity index (χ0) is 23.1. The van der Waals surface area contributed by atoms with Crippen LogP contribution in [0.15, 0.2) is 78.9 Å². The zero-order valence-corrected chi connectivity index (χ0v) is 17.1. The highest BCUT2D eigenvalue weighted by molar-refractivity contribution is 6.23. The minimum absolute atomic E-state index is 0.139. The number of nitro benzene ring substituents is 1. The Balaban J connectivity index is 1.55. The number of rotatable bonds is 4. The molecule has 0 saturated carbocycles. The van der Waals surface area contributed by atoms with Crippen molar-refractivity contribution in [3.63, 3.8) is 0 Å². The van der Waals surface area contributed by atoms with Gasteiger partial charge in [0.05, 0.1) is 34.0 Å². The van der Waals surface area contributed by atoms with E-state index in [0.29, 0.717) is 11.3 Å². The first-order chi connectivity index (χ1) is 16.0.